The molecule has 0 saturated carbocycles. The van der Waals surface area contributed by atoms with Crippen molar-refractivity contribution in [1.82, 2.24) is 15.3 Å². The standard InChI is InChI=1S/C18H17N5O2/c1-11-14-10-13(25-2)8-9-15(14)21-18(20-11)23-17(19)22-16(24)12-6-4-3-5-7-12/h3-10H,1-2H3,(H3,19,20,21,22,23,24). The molecule has 0 radical (unpaired) electrons. The van der Waals surface area contributed by atoms with Crippen LogP contribution in [0.1, 0.15) is 16.1 Å². The van der Waals surface area contributed by atoms with E-state index >= 15 is 0 Å². The van der Waals surface area contributed by atoms with Crippen LogP contribution < -0.4 is 15.8 Å². The molecule has 1 aromatic heterocycles. The summed E-state index contributed by atoms with van der Waals surface area (Å²) in [4.78, 5) is 24.8. The number of amides is 1. The third kappa shape index (κ3) is 3.72. The molecule has 25 heavy (non-hydrogen) atoms. The number of rotatable bonds is 3. The van der Waals surface area contributed by atoms with Gasteiger partial charge in [0, 0.05) is 10.9 Å². The fraction of sp³-hybridized carbons (Fsp3) is 0.111. The number of methoxy groups -OCH3 is 1. The van der Waals surface area contributed by atoms with Crippen LogP contribution in [0.25, 0.3) is 10.9 Å². The SMILES string of the molecule is COc1ccc2nc(/N=C(\N)NC(=O)c3ccccc3)nc(C)c2c1. The number of ether oxygens (including phenoxy) is 1. The Bertz CT molecular complexity index is 954. The Kier molecular flexibility index (Phi) is 4.56. The fourth-order valence-corrected chi connectivity index (χ4v) is 2.34. The molecule has 0 saturated heterocycles. The first kappa shape index (κ1) is 16.4. The van der Waals surface area contributed by atoms with E-state index in [1.807, 2.05) is 31.2 Å². The molecule has 0 aliphatic rings. The number of benzene rings is 2. The van der Waals surface area contributed by atoms with Gasteiger partial charge in [-0.3, -0.25) is 10.1 Å². The van der Waals surface area contributed by atoms with Gasteiger partial charge in [-0.25, -0.2) is 9.97 Å². The van der Waals surface area contributed by atoms with E-state index in [9.17, 15) is 4.79 Å². The van der Waals surface area contributed by atoms with E-state index in [1.54, 1.807) is 31.4 Å². The molecule has 3 aromatic rings. The molecular weight excluding hydrogens is 318 g/mol. The Hall–Kier alpha value is -3.48. The molecule has 0 aliphatic carbocycles. The van der Waals surface area contributed by atoms with Crippen molar-refractivity contribution in [3.8, 4) is 5.75 Å². The van der Waals surface area contributed by atoms with E-state index in [0.29, 0.717) is 11.1 Å². The smallest absolute Gasteiger partial charge is 0.257 e. The summed E-state index contributed by atoms with van der Waals surface area (Å²) in [7, 11) is 1.60. The van der Waals surface area contributed by atoms with Crippen molar-refractivity contribution < 1.29 is 9.53 Å². The van der Waals surface area contributed by atoms with E-state index in [2.05, 4.69) is 20.3 Å². The zero-order chi connectivity index (χ0) is 17.8. The first-order chi connectivity index (χ1) is 12.1. The third-order valence-electron chi connectivity index (χ3n) is 3.58. The molecule has 7 nitrogen and oxygen atoms in total. The van der Waals surface area contributed by atoms with Gasteiger partial charge in [0.05, 0.1) is 18.3 Å². The highest BCUT2D eigenvalue weighted by atomic mass is 16.5. The van der Waals surface area contributed by atoms with Crippen LogP contribution in [0.2, 0.25) is 0 Å². The van der Waals surface area contributed by atoms with Crippen molar-refractivity contribution in [3.63, 3.8) is 0 Å². The van der Waals surface area contributed by atoms with Crippen molar-refractivity contribution in [2.24, 2.45) is 10.7 Å². The Labute approximate surface area is 144 Å². The lowest BCUT2D eigenvalue weighted by atomic mass is 10.2. The molecule has 3 rings (SSSR count). The molecule has 7 heteroatoms. The summed E-state index contributed by atoms with van der Waals surface area (Å²) in [6.45, 7) is 1.85. The number of nitrogens with two attached hydrogens (primary N) is 1. The zero-order valence-electron chi connectivity index (χ0n) is 13.9. The summed E-state index contributed by atoms with van der Waals surface area (Å²) < 4.78 is 5.21. The highest BCUT2D eigenvalue weighted by molar-refractivity contribution is 6.05. The molecule has 2 aromatic carbocycles. The quantitative estimate of drug-likeness (QED) is 0.565. The van der Waals surface area contributed by atoms with E-state index in [-0.39, 0.29) is 17.8 Å². The molecule has 1 heterocycles. The van der Waals surface area contributed by atoms with Gasteiger partial charge in [0.25, 0.3) is 11.9 Å². The normalized spacial score (nSPS) is 11.4. The van der Waals surface area contributed by atoms with Gasteiger partial charge in [0.2, 0.25) is 5.96 Å². The summed E-state index contributed by atoms with van der Waals surface area (Å²) in [6.07, 6.45) is 0. The van der Waals surface area contributed by atoms with Gasteiger partial charge in [-0.15, -0.1) is 0 Å². The molecule has 3 N–H and O–H groups in total. The average molecular weight is 335 g/mol. The molecule has 0 aliphatic heterocycles. The highest BCUT2D eigenvalue weighted by Crippen LogP contribution is 2.23. The Morgan fingerprint density at radius 3 is 2.64 bits per heavy atom. The molecule has 0 spiro atoms. The number of hydrogen-bond donors (Lipinski definition) is 2. The van der Waals surface area contributed by atoms with Crippen molar-refractivity contribution in [1.29, 1.82) is 0 Å². The van der Waals surface area contributed by atoms with Crippen LogP contribution in [-0.2, 0) is 0 Å². The zero-order valence-corrected chi connectivity index (χ0v) is 13.9. The number of nitrogens with one attached hydrogen (secondary N) is 1. The van der Waals surface area contributed by atoms with Gasteiger partial charge in [-0.05, 0) is 37.3 Å². The van der Waals surface area contributed by atoms with Gasteiger partial charge in [0.15, 0.2) is 0 Å². The number of fused-ring (bicyclic) bond motifs is 1. The summed E-state index contributed by atoms with van der Waals surface area (Å²) in [5, 5.41) is 3.39. The van der Waals surface area contributed by atoms with E-state index in [4.69, 9.17) is 10.5 Å². The molecular formula is C18H17N5O2. The van der Waals surface area contributed by atoms with Crippen LogP contribution in [0.15, 0.2) is 53.5 Å². The maximum absolute atomic E-state index is 12.1. The minimum absolute atomic E-state index is 0.0684. The molecule has 0 unspecified atom stereocenters. The number of carbonyl (C=O) groups excluding carboxylic acids is 1. The Balaban J connectivity index is 1.86. The first-order valence-corrected chi connectivity index (χ1v) is 7.60. The van der Waals surface area contributed by atoms with E-state index in [0.717, 1.165) is 16.8 Å². The van der Waals surface area contributed by atoms with Gasteiger partial charge in [0.1, 0.15) is 5.75 Å². The van der Waals surface area contributed by atoms with Crippen LogP contribution in [0.4, 0.5) is 5.95 Å². The number of nitrogens with zero attached hydrogens (tertiary/aromatic N) is 3. The summed E-state index contributed by atoms with van der Waals surface area (Å²) in [5.41, 5.74) is 7.75. The van der Waals surface area contributed by atoms with Gasteiger partial charge in [-0.1, -0.05) is 18.2 Å². The molecule has 0 atom stereocenters. The summed E-state index contributed by atoms with van der Waals surface area (Å²) >= 11 is 0. The Morgan fingerprint density at radius 1 is 1.16 bits per heavy atom. The number of aromatic nitrogens is 2. The van der Waals surface area contributed by atoms with Crippen LogP contribution in [-0.4, -0.2) is 28.9 Å². The predicted octanol–water partition coefficient (Wildman–Crippen LogP) is 2.32. The minimum Gasteiger partial charge on any atom is -0.497 e. The molecule has 1 amide bonds. The van der Waals surface area contributed by atoms with Crippen LogP contribution >= 0.6 is 0 Å². The Morgan fingerprint density at radius 2 is 1.92 bits per heavy atom. The highest BCUT2D eigenvalue weighted by Gasteiger charge is 2.08. The first-order valence-electron chi connectivity index (χ1n) is 7.60. The van der Waals surface area contributed by atoms with Gasteiger partial charge < -0.3 is 10.5 Å². The number of carbonyl (C=O) groups is 1. The second-order valence-electron chi connectivity index (χ2n) is 5.31. The van der Waals surface area contributed by atoms with E-state index in [1.165, 1.54) is 0 Å². The second kappa shape index (κ2) is 6.96. The van der Waals surface area contributed by atoms with Crippen molar-refractivity contribution in [2.75, 3.05) is 7.11 Å². The van der Waals surface area contributed by atoms with Gasteiger partial charge >= 0.3 is 0 Å². The van der Waals surface area contributed by atoms with Crippen LogP contribution in [0.3, 0.4) is 0 Å². The number of aryl methyl sites for hydroxylation is 1. The number of aliphatic imine (C=N–C) groups is 1. The molecule has 0 fully saturated rings. The predicted molar refractivity (Wildman–Crippen MR) is 96.0 cm³/mol. The van der Waals surface area contributed by atoms with Crippen LogP contribution in [0, 0.1) is 6.92 Å². The summed E-state index contributed by atoms with van der Waals surface area (Å²) in [5.74, 6) is 0.497. The van der Waals surface area contributed by atoms with Crippen molar-refractivity contribution >= 4 is 28.7 Å². The maximum Gasteiger partial charge on any atom is 0.257 e. The van der Waals surface area contributed by atoms with E-state index < -0.39 is 0 Å². The fourth-order valence-electron chi connectivity index (χ4n) is 2.34. The number of guanidine groups is 1. The topological polar surface area (TPSA) is 102 Å². The maximum atomic E-state index is 12.1. The summed E-state index contributed by atoms with van der Waals surface area (Å²) in [6, 6.07) is 14.2. The van der Waals surface area contributed by atoms with Crippen molar-refractivity contribution in [2.45, 2.75) is 6.92 Å². The molecule has 0 bridgehead atoms. The second-order valence-corrected chi connectivity index (χ2v) is 5.31. The average Bonchev–Trinajstić information content (AvgIpc) is 2.62. The lowest BCUT2D eigenvalue weighted by molar-refractivity contribution is 0.0976. The minimum atomic E-state index is -0.343. The molecule has 126 valence electrons. The van der Waals surface area contributed by atoms with Crippen molar-refractivity contribution in [3.05, 3.63) is 59.8 Å². The number of hydrogen-bond acceptors (Lipinski definition) is 5. The lowest BCUT2D eigenvalue weighted by Gasteiger charge is -2.06. The lowest BCUT2D eigenvalue weighted by Crippen LogP contribution is -2.36. The largest absolute Gasteiger partial charge is 0.497 e. The van der Waals surface area contributed by atoms with Crippen LogP contribution in [0.5, 0.6) is 5.75 Å². The van der Waals surface area contributed by atoms with Gasteiger partial charge in [-0.2, -0.15) is 4.99 Å². The third-order valence-corrected chi connectivity index (χ3v) is 3.58. The monoisotopic (exact) mass is 335 g/mol.